The lowest BCUT2D eigenvalue weighted by Gasteiger charge is -2.07. The minimum atomic E-state index is -3.27. The van der Waals surface area contributed by atoms with E-state index in [-0.39, 0.29) is 6.54 Å². The highest BCUT2D eigenvalue weighted by atomic mass is 35.5. The van der Waals surface area contributed by atoms with E-state index < -0.39 is 10.0 Å². The topological polar surface area (TPSA) is 118 Å². The maximum atomic E-state index is 11.3. The van der Waals surface area contributed by atoms with Crippen LogP contribution in [0.15, 0.2) is 42.6 Å². The van der Waals surface area contributed by atoms with Crippen molar-refractivity contribution < 1.29 is 8.42 Å². The molecule has 0 spiro atoms. The molecule has 0 fully saturated rings. The number of hydrogen-bond acceptors (Lipinski definition) is 6. The van der Waals surface area contributed by atoms with Crippen LogP contribution in [0.4, 0.5) is 11.6 Å². The second kappa shape index (κ2) is 7.47. The molecule has 0 saturated carbocycles. The zero-order valence-electron chi connectivity index (χ0n) is 15.6. The fraction of sp³-hybridized carbons (Fsp3) is 0.167. The average molecular weight is 432 g/mol. The Kier molecular flexibility index (Phi) is 4.99. The molecule has 4 aromatic rings. The molecule has 2 aromatic carbocycles. The number of rotatable bonds is 6. The SMILES string of the molecule is Cn1nc(-c2cccc(CNS(C)(=O)=O)c2)nc1Nc1ccc2[nH]ncc2c1Cl. The van der Waals surface area contributed by atoms with Crippen LogP contribution in [0.1, 0.15) is 5.56 Å². The number of anilines is 2. The zero-order valence-corrected chi connectivity index (χ0v) is 17.2. The Bertz CT molecular complexity index is 1300. The van der Waals surface area contributed by atoms with E-state index in [4.69, 9.17) is 11.6 Å². The van der Waals surface area contributed by atoms with Crippen molar-refractivity contribution in [1.82, 2.24) is 29.7 Å². The quantitative estimate of drug-likeness (QED) is 0.432. The first kappa shape index (κ1) is 19.4. The highest BCUT2D eigenvalue weighted by Gasteiger charge is 2.13. The largest absolute Gasteiger partial charge is 0.323 e. The van der Waals surface area contributed by atoms with Crippen molar-refractivity contribution in [3.63, 3.8) is 0 Å². The summed E-state index contributed by atoms with van der Waals surface area (Å²) in [4.78, 5) is 4.55. The molecule has 150 valence electrons. The fourth-order valence-corrected chi connectivity index (χ4v) is 3.54. The third kappa shape index (κ3) is 4.24. The van der Waals surface area contributed by atoms with E-state index in [1.165, 1.54) is 0 Å². The Morgan fingerprint density at radius 3 is 2.86 bits per heavy atom. The number of nitrogens with one attached hydrogen (secondary N) is 3. The minimum Gasteiger partial charge on any atom is -0.323 e. The molecule has 4 rings (SSSR count). The monoisotopic (exact) mass is 431 g/mol. The van der Waals surface area contributed by atoms with E-state index in [9.17, 15) is 8.42 Å². The van der Waals surface area contributed by atoms with Gasteiger partial charge >= 0.3 is 0 Å². The standard InChI is InChI=1S/C18H18ClN7O2S/c1-26-18(22-15-7-6-14-13(16(15)19)10-20-24-14)23-17(25-26)12-5-3-4-11(8-12)9-21-29(2,27)28/h3-8,10,21H,9H2,1-2H3,(H,20,24)(H,22,23,25). The molecule has 0 unspecified atom stereocenters. The van der Waals surface area contributed by atoms with Gasteiger partial charge in [0.15, 0.2) is 5.82 Å². The molecule has 0 aliphatic rings. The number of H-pyrrole nitrogens is 1. The van der Waals surface area contributed by atoms with Gasteiger partial charge in [0.25, 0.3) is 0 Å². The Hall–Kier alpha value is -2.95. The van der Waals surface area contributed by atoms with E-state index in [1.54, 1.807) is 17.9 Å². The van der Waals surface area contributed by atoms with Crippen LogP contribution < -0.4 is 10.0 Å². The molecule has 0 amide bonds. The summed E-state index contributed by atoms with van der Waals surface area (Å²) in [6, 6.07) is 11.1. The number of aromatic amines is 1. The van der Waals surface area contributed by atoms with Gasteiger partial charge in [0.1, 0.15) is 0 Å². The van der Waals surface area contributed by atoms with Crippen molar-refractivity contribution in [3.05, 3.63) is 53.2 Å². The fourth-order valence-electron chi connectivity index (χ4n) is 2.85. The Morgan fingerprint density at radius 1 is 1.24 bits per heavy atom. The predicted molar refractivity (Wildman–Crippen MR) is 113 cm³/mol. The molecule has 2 heterocycles. The summed E-state index contributed by atoms with van der Waals surface area (Å²) < 4.78 is 26.7. The summed E-state index contributed by atoms with van der Waals surface area (Å²) >= 11 is 6.47. The number of aromatic nitrogens is 5. The van der Waals surface area contributed by atoms with Crippen molar-refractivity contribution >= 4 is 44.2 Å². The van der Waals surface area contributed by atoms with Gasteiger partial charge in [-0.1, -0.05) is 29.8 Å². The Balaban J connectivity index is 1.60. The van der Waals surface area contributed by atoms with Crippen molar-refractivity contribution in [2.75, 3.05) is 11.6 Å². The van der Waals surface area contributed by atoms with Crippen molar-refractivity contribution in [1.29, 1.82) is 0 Å². The van der Waals surface area contributed by atoms with Crippen LogP contribution in [0.5, 0.6) is 0 Å². The second-order valence-electron chi connectivity index (χ2n) is 6.56. The van der Waals surface area contributed by atoms with Gasteiger partial charge in [-0.05, 0) is 23.8 Å². The highest BCUT2D eigenvalue weighted by Crippen LogP contribution is 2.32. The Morgan fingerprint density at radius 2 is 2.07 bits per heavy atom. The van der Waals surface area contributed by atoms with Gasteiger partial charge in [0, 0.05) is 24.5 Å². The zero-order chi connectivity index (χ0) is 20.6. The first-order valence-corrected chi connectivity index (χ1v) is 10.9. The minimum absolute atomic E-state index is 0.199. The summed E-state index contributed by atoms with van der Waals surface area (Å²) in [6.45, 7) is 0.199. The highest BCUT2D eigenvalue weighted by molar-refractivity contribution is 7.88. The van der Waals surface area contributed by atoms with Crippen LogP contribution in [0.25, 0.3) is 22.3 Å². The van der Waals surface area contributed by atoms with E-state index in [0.29, 0.717) is 22.5 Å². The summed E-state index contributed by atoms with van der Waals surface area (Å²) in [5, 5.41) is 15.9. The molecule has 9 nitrogen and oxygen atoms in total. The number of nitrogens with zero attached hydrogens (tertiary/aromatic N) is 4. The molecule has 0 aliphatic carbocycles. The van der Waals surface area contributed by atoms with Crippen LogP contribution in [0, 0.1) is 0 Å². The molecule has 2 aromatic heterocycles. The van der Waals surface area contributed by atoms with Gasteiger partial charge in [-0.25, -0.2) is 17.8 Å². The molecule has 0 atom stereocenters. The second-order valence-corrected chi connectivity index (χ2v) is 8.77. The molecular formula is C18H18ClN7O2S. The smallest absolute Gasteiger partial charge is 0.225 e. The van der Waals surface area contributed by atoms with Crippen molar-refractivity contribution in [2.24, 2.45) is 7.05 Å². The Labute approximate surface area is 172 Å². The normalized spacial score (nSPS) is 11.8. The summed E-state index contributed by atoms with van der Waals surface area (Å²) in [7, 11) is -1.49. The third-order valence-corrected chi connectivity index (χ3v) is 5.37. The van der Waals surface area contributed by atoms with Crippen molar-refractivity contribution in [2.45, 2.75) is 6.54 Å². The van der Waals surface area contributed by atoms with Crippen LogP contribution in [0.2, 0.25) is 5.02 Å². The maximum absolute atomic E-state index is 11.3. The van der Waals surface area contributed by atoms with Crippen LogP contribution in [0.3, 0.4) is 0 Å². The van der Waals surface area contributed by atoms with E-state index >= 15 is 0 Å². The molecule has 11 heteroatoms. The van der Waals surface area contributed by atoms with Crippen LogP contribution >= 0.6 is 11.6 Å². The molecule has 3 N–H and O–H groups in total. The average Bonchev–Trinajstić information content (AvgIpc) is 3.29. The molecule has 0 bridgehead atoms. The first-order valence-electron chi connectivity index (χ1n) is 8.64. The van der Waals surface area contributed by atoms with Gasteiger partial charge in [0.05, 0.1) is 28.7 Å². The van der Waals surface area contributed by atoms with Gasteiger partial charge in [-0.2, -0.15) is 10.1 Å². The van der Waals surface area contributed by atoms with E-state index in [2.05, 4.69) is 30.3 Å². The molecule has 0 aliphatic heterocycles. The molecule has 0 saturated heterocycles. The first-order chi connectivity index (χ1) is 13.8. The predicted octanol–water partition coefficient (Wildman–Crippen LogP) is 2.80. The van der Waals surface area contributed by atoms with Gasteiger partial charge in [0.2, 0.25) is 16.0 Å². The van der Waals surface area contributed by atoms with Gasteiger partial charge in [-0.15, -0.1) is 5.10 Å². The lowest BCUT2D eigenvalue weighted by molar-refractivity contribution is 0.587. The molecular weight excluding hydrogens is 414 g/mol. The van der Waals surface area contributed by atoms with E-state index in [1.807, 2.05) is 36.4 Å². The van der Waals surface area contributed by atoms with Gasteiger partial charge < -0.3 is 5.32 Å². The van der Waals surface area contributed by atoms with E-state index in [0.717, 1.165) is 28.3 Å². The summed E-state index contributed by atoms with van der Waals surface area (Å²) in [6.07, 6.45) is 2.79. The third-order valence-electron chi connectivity index (χ3n) is 4.29. The lowest BCUT2D eigenvalue weighted by Crippen LogP contribution is -2.21. The lowest BCUT2D eigenvalue weighted by atomic mass is 10.1. The number of aryl methyl sites for hydroxylation is 1. The summed E-state index contributed by atoms with van der Waals surface area (Å²) in [5.41, 5.74) is 3.12. The van der Waals surface area contributed by atoms with Crippen LogP contribution in [-0.4, -0.2) is 39.6 Å². The number of hydrogen-bond donors (Lipinski definition) is 3. The van der Waals surface area contributed by atoms with Gasteiger partial charge in [-0.3, -0.25) is 5.10 Å². The maximum Gasteiger partial charge on any atom is 0.225 e. The number of halogens is 1. The number of sulfonamides is 1. The molecule has 29 heavy (non-hydrogen) atoms. The molecule has 0 radical (unpaired) electrons. The number of fused-ring (bicyclic) bond motifs is 1. The summed E-state index contributed by atoms with van der Waals surface area (Å²) in [5.74, 6) is 1.03. The van der Waals surface area contributed by atoms with Crippen LogP contribution in [-0.2, 0) is 23.6 Å². The van der Waals surface area contributed by atoms with Crippen molar-refractivity contribution in [3.8, 4) is 11.4 Å². The number of benzene rings is 2.